The lowest BCUT2D eigenvalue weighted by molar-refractivity contribution is 0.0361. The molecule has 4 heterocycles. The number of fused-ring (bicyclic) bond motifs is 1. The van der Waals surface area contributed by atoms with Crippen molar-refractivity contribution in [3.8, 4) is 17.1 Å². The van der Waals surface area contributed by atoms with E-state index in [1.165, 1.54) is 4.31 Å². The summed E-state index contributed by atoms with van der Waals surface area (Å²) in [7, 11) is -3.74. The van der Waals surface area contributed by atoms with E-state index >= 15 is 0 Å². The number of hydrogen-bond donors (Lipinski definition) is 1. The zero-order chi connectivity index (χ0) is 29.7. The van der Waals surface area contributed by atoms with Gasteiger partial charge in [-0.25, -0.2) is 13.4 Å². The van der Waals surface area contributed by atoms with Gasteiger partial charge in [0.05, 0.1) is 42.5 Å². The molecule has 2 aliphatic rings. The van der Waals surface area contributed by atoms with Crippen LogP contribution < -0.4 is 10.3 Å². The van der Waals surface area contributed by atoms with Gasteiger partial charge in [-0.1, -0.05) is 27.2 Å². The highest BCUT2D eigenvalue weighted by Crippen LogP contribution is 2.32. The fraction of sp³-hybridized carbons (Fsp3) is 0.621. The van der Waals surface area contributed by atoms with Crippen LogP contribution in [0.4, 0.5) is 0 Å². The summed E-state index contributed by atoms with van der Waals surface area (Å²) in [4.78, 5) is 26.1. The van der Waals surface area contributed by atoms with E-state index in [1.807, 2.05) is 6.92 Å². The number of aryl methyl sites for hydroxylation is 1. The molecule has 0 unspecified atom stereocenters. The number of rotatable bonds is 12. The molecule has 0 amide bonds. The largest absolute Gasteiger partial charge is 0.493 e. The standard InChI is InChI=1S/C29H43N7O5S/c1-4-7-24-26-27(36(32-24)15-12-34-16-19-40-20-17-34)29(37)31-28(30-26)23-21-22(8-9-25(23)41-18-5-2)42(38,39)35-13-10-33(6-3)11-14-35/h8-9,21H,4-7,10-20H2,1-3H3,(H,30,31,37). The lowest BCUT2D eigenvalue weighted by Crippen LogP contribution is -2.48. The second kappa shape index (κ2) is 13.6. The molecular weight excluding hydrogens is 558 g/mol. The van der Waals surface area contributed by atoms with Crippen molar-refractivity contribution < 1.29 is 17.9 Å². The third kappa shape index (κ3) is 6.55. The zero-order valence-corrected chi connectivity index (χ0v) is 25.8. The lowest BCUT2D eigenvalue weighted by atomic mass is 10.1. The molecule has 12 nitrogen and oxygen atoms in total. The van der Waals surface area contributed by atoms with Crippen molar-refractivity contribution in [2.75, 3.05) is 72.2 Å². The van der Waals surface area contributed by atoms with Crippen LogP contribution in [0.1, 0.15) is 39.3 Å². The Morgan fingerprint density at radius 3 is 2.43 bits per heavy atom. The first-order valence-corrected chi connectivity index (χ1v) is 16.6. The number of H-pyrrole nitrogens is 1. The van der Waals surface area contributed by atoms with Crippen molar-refractivity contribution in [3.63, 3.8) is 0 Å². The van der Waals surface area contributed by atoms with E-state index in [0.717, 1.165) is 44.7 Å². The molecule has 2 aromatic heterocycles. The molecule has 42 heavy (non-hydrogen) atoms. The highest BCUT2D eigenvalue weighted by atomic mass is 32.2. The summed E-state index contributed by atoms with van der Waals surface area (Å²) in [5.41, 5.74) is 1.87. The zero-order valence-electron chi connectivity index (χ0n) is 25.0. The van der Waals surface area contributed by atoms with Crippen LogP contribution in [0.15, 0.2) is 27.9 Å². The normalized spacial score (nSPS) is 17.7. The van der Waals surface area contributed by atoms with Gasteiger partial charge in [-0.3, -0.25) is 14.4 Å². The van der Waals surface area contributed by atoms with Crippen LogP contribution in [0.3, 0.4) is 0 Å². The fourth-order valence-electron chi connectivity index (χ4n) is 5.53. The second-order valence-electron chi connectivity index (χ2n) is 10.8. The van der Waals surface area contributed by atoms with Crippen molar-refractivity contribution in [3.05, 3.63) is 34.2 Å². The van der Waals surface area contributed by atoms with E-state index in [9.17, 15) is 13.2 Å². The van der Waals surface area contributed by atoms with Gasteiger partial charge in [-0.15, -0.1) is 0 Å². The maximum atomic E-state index is 13.7. The molecule has 1 aromatic carbocycles. The van der Waals surface area contributed by atoms with E-state index in [1.54, 1.807) is 22.9 Å². The number of hydrogen-bond acceptors (Lipinski definition) is 9. The van der Waals surface area contributed by atoms with Crippen LogP contribution >= 0.6 is 0 Å². The number of ether oxygens (including phenoxy) is 2. The van der Waals surface area contributed by atoms with Gasteiger partial charge in [0, 0.05) is 45.8 Å². The predicted octanol–water partition coefficient (Wildman–Crippen LogP) is 2.19. The van der Waals surface area contributed by atoms with Gasteiger partial charge in [0.15, 0.2) is 5.52 Å². The SMILES string of the molecule is CCCOc1ccc(S(=O)(=O)N2CCN(CC)CC2)cc1-c1nc2c(CCC)nn(CCN3CCOCC3)c2c(=O)[nH]1. The van der Waals surface area contributed by atoms with Crippen LogP contribution in [-0.2, 0) is 27.7 Å². The minimum atomic E-state index is -3.74. The number of nitrogens with one attached hydrogen (secondary N) is 1. The van der Waals surface area contributed by atoms with E-state index < -0.39 is 10.0 Å². The Labute approximate surface area is 247 Å². The van der Waals surface area contributed by atoms with Gasteiger partial charge in [-0.05, 0) is 37.6 Å². The topological polar surface area (TPSA) is 126 Å². The van der Waals surface area contributed by atoms with Gasteiger partial charge >= 0.3 is 0 Å². The Kier molecular flexibility index (Phi) is 9.94. The number of morpholine rings is 1. The maximum Gasteiger partial charge on any atom is 0.277 e. The first-order valence-electron chi connectivity index (χ1n) is 15.1. The fourth-order valence-corrected chi connectivity index (χ4v) is 6.98. The van der Waals surface area contributed by atoms with Crippen LogP contribution in [-0.4, -0.2) is 114 Å². The van der Waals surface area contributed by atoms with Crippen molar-refractivity contribution in [1.29, 1.82) is 0 Å². The number of benzene rings is 1. The first-order chi connectivity index (χ1) is 20.3. The average Bonchev–Trinajstić information content (AvgIpc) is 3.37. The van der Waals surface area contributed by atoms with Crippen molar-refractivity contribution in [2.45, 2.75) is 51.5 Å². The van der Waals surface area contributed by atoms with Crippen LogP contribution in [0.25, 0.3) is 22.4 Å². The molecule has 0 aliphatic carbocycles. The molecule has 1 N–H and O–H groups in total. The summed E-state index contributed by atoms with van der Waals surface area (Å²) in [6.45, 7) is 14.2. The Balaban J connectivity index is 1.53. The summed E-state index contributed by atoms with van der Waals surface area (Å²) < 4.78 is 42.1. The van der Waals surface area contributed by atoms with E-state index in [0.29, 0.717) is 81.3 Å². The summed E-state index contributed by atoms with van der Waals surface area (Å²) in [5.74, 6) is 0.752. The minimum absolute atomic E-state index is 0.157. The van der Waals surface area contributed by atoms with Crippen LogP contribution in [0, 0.1) is 0 Å². The molecule has 0 radical (unpaired) electrons. The number of piperazine rings is 1. The first kappa shape index (κ1) is 30.6. The van der Waals surface area contributed by atoms with Gasteiger partial charge < -0.3 is 19.4 Å². The molecule has 2 saturated heterocycles. The second-order valence-corrected chi connectivity index (χ2v) is 12.8. The van der Waals surface area contributed by atoms with Gasteiger partial charge in [0.2, 0.25) is 10.0 Å². The molecule has 2 fully saturated rings. The smallest absolute Gasteiger partial charge is 0.277 e. The van der Waals surface area contributed by atoms with Crippen LogP contribution in [0.2, 0.25) is 0 Å². The number of nitrogens with zero attached hydrogens (tertiary/aromatic N) is 6. The molecule has 2 aliphatic heterocycles. The van der Waals surface area contributed by atoms with Crippen LogP contribution in [0.5, 0.6) is 5.75 Å². The Bertz CT molecular complexity index is 1520. The summed E-state index contributed by atoms with van der Waals surface area (Å²) in [6.07, 6.45) is 2.30. The number of aromatic nitrogens is 4. The molecule has 0 saturated carbocycles. The van der Waals surface area contributed by atoms with E-state index in [-0.39, 0.29) is 16.3 Å². The van der Waals surface area contributed by atoms with Gasteiger partial charge in [-0.2, -0.15) is 9.40 Å². The molecule has 230 valence electrons. The Morgan fingerprint density at radius 1 is 0.976 bits per heavy atom. The molecule has 0 atom stereocenters. The molecule has 5 rings (SSSR count). The Hall–Kier alpha value is -2.84. The monoisotopic (exact) mass is 601 g/mol. The highest BCUT2D eigenvalue weighted by molar-refractivity contribution is 7.89. The van der Waals surface area contributed by atoms with Crippen molar-refractivity contribution >= 4 is 21.1 Å². The quantitative estimate of drug-likeness (QED) is 0.333. The highest BCUT2D eigenvalue weighted by Gasteiger charge is 2.29. The summed E-state index contributed by atoms with van der Waals surface area (Å²) >= 11 is 0. The average molecular weight is 602 g/mol. The molecule has 0 spiro atoms. The molecule has 0 bridgehead atoms. The molecule has 3 aromatic rings. The van der Waals surface area contributed by atoms with Crippen molar-refractivity contribution in [2.24, 2.45) is 0 Å². The van der Waals surface area contributed by atoms with E-state index in [2.05, 4.69) is 28.6 Å². The summed E-state index contributed by atoms with van der Waals surface area (Å²) in [6, 6.07) is 4.83. The van der Waals surface area contributed by atoms with E-state index in [4.69, 9.17) is 19.6 Å². The number of sulfonamides is 1. The minimum Gasteiger partial charge on any atom is -0.493 e. The molecular formula is C29H43N7O5S. The van der Waals surface area contributed by atoms with Crippen molar-refractivity contribution in [1.82, 2.24) is 33.9 Å². The Morgan fingerprint density at radius 2 is 1.74 bits per heavy atom. The van der Waals surface area contributed by atoms with Gasteiger partial charge in [0.25, 0.3) is 5.56 Å². The number of likely N-dealkylation sites (N-methyl/N-ethyl adjacent to an activating group) is 1. The number of aromatic amines is 1. The maximum absolute atomic E-state index is 13.7. The third-order valence-electron chi connectivity index (χ3n) is 7.97. The predicted molar refractivity (Wildman–Crippen MR) is 161 cm³/mol. The lowest BCUT2D eigenvalue weighted by Gasteiger charge is -2.33. The molecule has 13 heteroatoms. The third-order valence-corrected chi connectivity index (χ3v) is 9.87. The summed E-state index contributed by atoms with van der Waals surface area (Å²) in [5, 5.41) is 4.80. The van der Waals surface area contributed by atoms with Gasteiger partial charge in [0.1, 0.15) is 17.1 Å².